The lowest BCUT2D eigenvalue weighted by Crippen LogP contribution is -2.23. The molecule has 4 rings (SSSR count). The Kier molecular flexibility index (Phi) is 4.34. The zero-order valence-corrected chi connectivity index (χ0v) is 13.9. The number of aryl methyl sites for hydroxylation is 1. The summed E-state index contributed by atoms with van der Waals surface area (Å²) < 4.78 is 11.0. The highest BCUT2D eigenvalue weighted by molar-refractivity contribution is 5.94. The van der Waals surface area contributed by atoms with Crippen LogP contribution in [-0.4, -0.2) is 10.8 Å². The maximum Gasteiger partial charge on any atom is 0.263 e. The van der Waals surface area contributed by atoms with Crippen molar-refractivity contribution in [3.05, 3.63) is 83.6 Å². The summed E-state index contributed by atoms with van der Waals surface area (Å²) in [7, 11) is 0. The average molecular weight is 333 g/mol. The van der Waals surface area contributed by atoms with Crippen molar-refractivity contribution in [3.63, 3.8) is 0 Å². The average Bonchev–Trinajstić information content (AvgIpc) is 3.21. The van der Waals surface area contributed by atoms with E-state index in [2.05, 4.69) is 29.2 Å². The number of rotatable bonds is 5. The van der Waals surface area contributed by atoms with E-state index in [1.807, 2.05) is 24.3 Å². The van der Waals surface area contributed by atoms with Crippen molar-refractivity contribution in [3.8, 4) is 5.75 Å². The molecule has 1 atom stereocenters. The largest absolute Gasteiger partial charge is 0.489 e. The Morgan fingerprint density at radius 2 is 2.04 bits per heavy atom. The number of hydrogen-bond donors (Lipinski definition) is 0. The SMILES string of the molecule is O=C(c1ncco1)[C@@H]1CCc2cc(OCc3ccccc3)ccc2C1. The predicted octanol–water partition coefficient (Wildman–Crippen LogP) is 4.24. The summed E-state index contributed by atoms with van der Waals surface area (Å²) in [5.41, 5.74) is 3.63. The Morgan fingerprint density at radius 3 is 2.84 bits per heavy atom. The minimum Gasteiger partial charge on any atom is -0.489 e. The topological polar surface area (TPSA) is 52.3 Å². The second-order valence-electron chi connectivity index (χ2n) is 6.35. The Labute approximate surface area is 146 Å². The number of aromatic nitrogens is 1. The van der Waals surface area contributed by atoms with Crippen molar-refractivity contribution in [2.24, 2.45) is 5.92 Å². The maximum absolute atomic E-state index is 12.4. The van der Waals surface area contributed by atoms with Crippen LogP contribution in [0.2, 0.25) is 0 Å². The van der Waals surface area contributed by atoms with E-state index < -0.39 is 0 Å². The number of carbonyl (C=O) groups is 1. The lowest BCUT2D eigenvalue weighted by Gasteiger charge is -2.23. The summed E-state index contributed by atoms with van der Waals surface area (Å²) >= 11 is 0. The molecule has 0 amide bonds. The van der Waals surface area contributed by atoms with Gasteiger partial charge in [-0.2, -0.15) is 0 Å². The second-order valence-corrected chi connectivity index (χ2v) is 6.35. The molecule has 3 aromatic rings. The number of ether oxygens (including phenoxy) is 1. The summed E-state index contributed by atoms with van der Waals surface area (Å²) in [6, 6.07) is 16.3. The number of hydrogen-bond acceptors (Lipinski definition) is 4. The molecule has 126 valence electrons. The predicted molar refractivity (Wildman–Crippen MR) is 93.6 cm³/mol. The van der Waals surface area contributed by atoms with Gasteiger partial charge < -0.3 is 9.15 Å². The van der Waals surface area contributed by atoms with E-state index in [0.717, 1.165) is 30.6 Å². The van der Waals surface area contributed by atoms with E-state index in [0.29, 0.717) is 6.61 Å². The zero-order chi connectivity index (χ0) is 17.1. The van der Waals surface area contributed by atoms with Gasteiger partial charge in [0.2, 0.25) is 5.78 Å². The van der Waals surface area contributed by atoms with Crippen LogP contribution in [0.5, 0.6) is 5.75 Å². The smallest absolute Gasteiger partial charge is 0.263 e. The fourth-order valence-electron chi connectivity index (χ4n) is 3.31. The normalized spacial score (nSPS) is 16.2. The van der Waals surface area contributed by atoms with Crippen LogP contribution in [0, 0.1) is 5.92 Å². The van der Waals surface area contributed by atoms with E-state index in [1.165, 1.54) is 23.6 Å². The lowest BCUT2D eigenvalue weighted by molar-refractivity contribution is 0.0873. The van der Waals surface area contributed by atoms with Gasteiger partial charge >= 0.3 is 0 Å². The Bertz CT molecular complexity index is 856. The third-order valence-corrected chi connectivity index (χ3v) is 4.67. The van der Waals surface area contributed by atoms with E-state index in [9.17, 15) is 4.79 Å². The van der Waals surface area contributed by atoms with Crippen molar-refractivity contribution in [2.45, 2.75) is 25.9 Å². The number of carbonyl (C=O) groups excluding carboxylic acids is 1. The van der Waals surface area contributed by atoms with Crippen LogP contribution in [0.1, 0.15) is 33.8 Å². The molecule has 0 unspecified atom stereocenters. The third-order valence-electron chi connectivity index (χ3n) is 4.67. The highest BCUT2D eigenvalue weighted by atomic mass is 16.5. The molecule has 1 aliphatic carbocycles. The van der Waals surface area contributed by atoms with Crippen LogP contribution < -0.4 is 4.74 Å². The Hall–Kier alpha value is -2.88. The maximum atomic E-state index is 12.4. The molecule has 0 saturated carbocycles. The minimum absolute atomic E-state index is 0.0000501. The summed E-state index contributed by atoms with van der Waals surface area (Å²) in [5.74, 6) is 1.04. The van der Waals surface area contributed by atoms with Gasteiger partial charge in [-0.15, -0.1) is 0 Å². The fraction of sp³-hybridized carbons (Fsp3) is 0.238. The zero-order valence-electron chi connectivity index (χ0n) is 13.9. The molecule has 0 N–H and O–H groups in total. The third kappa shape index (κ3) is 3.48. The van der Waals surface area contributed by atoms with Gasteiger partial charge in [-0.3, -0.25) is 4.79 Å². The van der Waals surface area contributed by atoms with E-state index in [4.69, 9.17) is 9.15 Å². The monoisotopic (exact) mass is 333 g/mol. The number of Topliss-reactive ketones (excluding diaryl/α,β-unsaturated/α-hetero) is 1. The molecular weight excluding hydrogens is 314 g/mol. The van der Waals surface area contributed by atoms with Crippen LogP contribution in [0.4, 0.5) is 0 Å². The van der Waals surface area contributed by atoms with E-state index in [1.54, 1.807) is 0 Å². The first-order chi connectivity index (χ1) is 12.3. The molecule has 1 aromatic heterocycles. The molecule has 0 bridgehead atoms. The number of nitrogens with zero attached hydrogens (tertiary/aromatic N) is 1. The highest BCUT2D eigenvalue weighted by Gasteiger charge is 2.28. The molecule has 1 aliphatic rings. The summed E-state index contributed by atoms with van der Waals surface area (Å²) in [5, 5.41) is 0. The first-order valence-corrected chi connectivity index (χ1v) is 8.52. The number of oxazole rings is 1. The lowest BCUT2D eigenvalue weighted by atomic mass is 9.81. The van der Waals surface area contributed by atoms with Gasteiger partial charge in [-0.1, -0.05) is 36.4 Å². The van der Waals surface area contributed by atoms with Crippen LogP contribution in [0.15, 0.2) is 65.4 Å². The van der Waals surface area contributed by atoms with E-state index in [-0.39, 0.29) is 17.6 Å². The fourth-order valence-corrected chi connectivity index (χ4v) is 3.31. The van der Waals surface area contributed by atoms with Crippen LogP contribution in [0.25, 0.3) is 0 Å². The molecule has 0 fully saturated rings. The summed E-state index contributed by atoms with van der Waals surface area (Å²) in [6.07, 6.45) is 5.38. The second kappa shape index (κ2) is 6.93. The van der Waals surface area contributed by atoms with Crippen LogP contribution in [0.3, 0.4) is 0 Å². The summed E-state index contributed by atoms with van der Waals surface area (Å²) in [6.45, 7) is 0.560. The number of ketones is 1. The van der Waals surface area contributed by atoms with E-state index >= 15 is 0 Å². The van der Waals surface area contributed by atoms with Gasteiger partial charge in [0.15, 0.2) is 0 Å². The van der Waals surface area contributed by atoms with Crippen molar-refractivity contribution in [1.82, 2.24) is 4.98 Å². The Balaban J connectivity index is 1.43. The van der Waals surface area contributed by atoms with Gasteiger partial charge in [0.1, 0.15) is 18.6 Å². The molecule has 0 saturated heterocycles. The molecule has 1 heterocycles. The highest BCUT2D eigenvalue weighted by Crippen LogP contribution is 2.30. The molecule has 0 spiro atoms. The van der Waals surface area contributed by atoms with Gasteiger partial charge in [-0.25, -0.2) is 4.98 Å². The van der Waals surface area contributed by atoms with Gasteiger partial charge in [0, 0.05) is 5.92 Å². The standard InChI is InChI=1S/C21H19NO3/c23-20(21-22-10-11-24-21)18-7-6-17-13-19(9-8-16(17)12-18)25-14-15-4-2-1-3-5-15/h1-5,8-11,13,18H,6-7,12,14H2/t18-/m1/s1. The molecular formula is C21H19NO3. The van der Waals surface area contributed by atoms with Crippen molar-refractivity contribution in [1.29, 1.82) is 0 Å². The van der Waals surface area contributed by atoms with Crippen molar-refractivity contribution >= 4 is 5.78 Å². The van der Waals surface area contributed by atoms with Gasteiger partial charge in [0.05, 0.1) is 6.20 Å². The van der Waals surface area contributed by atoms with Crippen LogP contribution >= 0.6 is 0 Å². The molecule has 4 nitrogen and oxygen atoms in total. The first kappa shape index (κ1) is 15.6. The number of fused-ring (bicyclic) bond motifs is 1. The molecule has 0 aliphatic heterocycles. The first-order valence-electron chi connectivity index (χ1n) is 8.52. The van der Waals surface area contributed by atoms with Crippen molar-refractivity contribution < 1.29 is 13.9 Å². The molecule has 4 heteroatoms. The van der Waals surface area contributed by atoms with Gasteiger partial charge in [-0.05, 0) is 48.1 Å². The Morgan fingerprint density at radius 1 is 1.16 bits per heavy atom. The number of benzene rings is 2. The molecule has 2 aromatic carbocycles. The van der Waals surface area contributed by atoms with Gasteiger partial charge in [0.25, 0.3) is 5.89 Å². The van der Waals surface area contributed by atoms with Crippen LogP contribution in [-0.2, 0) is 19.4 Å². The quantitative estimate of drug-likeness (QED) is 0.655. The summed E-state index contributed by atoms with van der Waals surface area (Å²) in [4.78, 5) is 16.4. The molecule has 25 heavy (non-hydrogen) atoms. The minimum atomic E-state index is -0.0535. The van der Waals surface area contributed by atoms with Crippen molar-refractivity contribution in [2.75, 3.05) is 0 Å². The molecule has 0 radical (unpaired) electrons.